The number of nitrogens with zero attached hydrogens (tertiary/aromatic N) is 2. The standard InChI is InChI=1S/C24H28ClN3O2/c1-3-21-23(25)24(28-17-27-21)26-12-14-30-22-10-9-19(15-18(22)2)11-13-29-16-20-7-5-4-6-8-20/h4-10,15,17H,3,11-14,16H2,1-2H3,(H,26,27,28). The Hall–Kier alpha value is -2.63. The largest absolute Gasteiger partial charge is 0.491 e. The molecule has 0 aliphatic heterocycles. The van der Waals surface area contributed by atoms with Crippen molar-refractivity contribution in [3.63, 3.8) is 0 Å². The molecule has 0 saturated carbocycles. The van der Waals surface area contributed by atoms with Gasteiger partial charge in [0.05, 0.1) is 25.5 Å². The Morgan fingerprint density at radius 3 is 2.60 bits per heavy atom. The maximum Gasteiger partial charge on any atom is 0.148 e. The van der Waals surface area contributed by atoms with E-state index >= 15 is 0 Å². The van der Waals surface area contributed by atoms with Crippen LogP contribution in [0.2, 0.25) is 5.02 Å². The summed E-state index contributed by atoms with van der Waals surface area (Å²) in [6.07, 6.45) is 3.18. The van der Waals surface area contributed by atoms with E-state index in [2.05, 4.69) is 46.5 Å². The number of halogens is 1. The molecule has 0 spiro atoms. The van der Waals surface area contributed by atoms with Crippen LogP contribution in [0.15, 0.2) is 54.9 Å². The van der Waals surface area contributed by atoms with Gasteiger partial charge in [-0.3, -0.25) is 0 Å². The average Bonchev–Trinajstić information content (AvgIpc) is 2.77. The zero-order chi connectivity index (χ0) is 21.2. The molecular formula is C24H28ClN3O2. The predicted molar refractivity (Wildman–Crippen MR) is 121 cm³/mol. The highest BCUT2D eigenvalue weighted by atomic mass is 35.5. The van der Waals surface area contributed by atoms with Crippen molar-refractivity contribution < 1.29 is 9.47 Å². The van der Waals surface area contributed by atoms with Crippen molar-refractivity contribution in [2.45, 2.75) is 33.3 Å². The fraction of sp³-hybridized carbons (Fsp3) is 0.333. The van der Waals surface area contributed by atoms with Crippen LogP contribution >= 0.6 is 11.6 Å². The molecule has 0 saturated heterocycles. The van der Waals surface area contributed by atoms with Gasteiger partial charge in [-0.25, -0.2) is 9.97 Å². The first-order valence-corrected chi connectivity index (χ1v) is 10.6. The highest BCUT2D eigenvalue weighted by Crippen LogP contribution is 2.22. The number of aryl methyl sites for hydroxylation is 2. The van der Waals surface area contributed by atoms with Crippen LogP contribution in [0.3, 0.4) is 0 Å². The molecule has 2 aromatic carbocycles. The average molecular weight is 426 g/mol. The van der Waals surface area contributed by atoms with Crippen LogP contribution in [0.5, 0.6) is 5.75 Å². The van der Waals surface area contributed by atoms with Gasteiger partial charge in [-0.05, 0) is 42.5 Å². The number of ether oxygens (including phenoxy) is 2. The van der Waals surface area contributed by atoms with Crippen molar-refractivity contribution in [1.29, 1.82) is 0 Å². The highest BCUT2D eigenvalue weighted by Gasteiger charge is 2.07. The van der Waals surface area contributed by atoms with Gasteiger partial charge in [-0.15, -0.1) is 0 Å². The molecule has 158 valence electrons. The molecule has 1 aromatic heterocycles. The summed E-state index contributed by atoms with van der Waals surface area (Å²) in [5, 5.41) is 3.79. The molecule has 1 N–H and O–H groups in total. The van der Waals surface area contributed by atoms with Crippen LogP contribution in [-0.2, 0) is 24.2 Å². The number of rotatable bonds is 11. The molecule has 3 rings (SSSR count). The second-order valence-electron chi connectivity index (χ2n) is 7.00. The third kappa shape index (κ3) is 6.44. The first kappa shape index (κ1) is 22.1. The van der Waals surface area contributed by atoms with Crippen LogP contribution in [0.4, 0.5) is 5.82 Å². The van der Waals surface area contributed by atoms with Gasteiger partial charge in [0, 0.05) is 0 Å². The van der Waals surface area contributed by atoms with Crippen molar-refractivity contribution in [1.82, 2.24) is 9.97 Å². The fourth-order valence-corrected chi connectivity index (χ4v) is 3.39. The van der Waals surface area contributed by atoms with Crippen LogP contribution < -0.4 is 10.1 Å². The molecule has 0 aliphatic rings. The Kier molecular flexibility index (Phi) is 8.48. The number of aromatic nitrogens is 2. The minimum absolute atomic E-state index is 0.516. The van der Waals surface area contributed by atoms with E-state index in [1.165, 1.54) is 17.5 Å². The maximum atomic E-state index is 6.30. The molecule has 3 aromatic rings. The molecule has 0 amide bonds. The van der Waals surface area contributed by atoms with E-state index < -0.39 is 0 Å². The summed E-state index contributed by atoms with van der Waals surface area (Å²) >= 11 is 6.30. The first-order valence-electron chi connectivity index (χ1n) is 10.2. The van der Waals surface area contributed by atoms with E-state index in [9.17, 15) is 0 Å². The molecule has 0 bridgehead atoms. The number of hydrogen-bond donors (Lipinski definition) is 1. The molecule has 6 heteroatoms. The highest BCUT2D eigenvalue weighted by molar-refractivity contribution is 6.33. The van der Waals surface area contributed by atoms with Crippen molar-refractivity contribution >= 4 is 17.4 Å². The normalized spacial score (nSPS) is 10.8. The van der Waals surface area contributed by atoms with Gasteiger partial charge >= 0.3 is 0 Å². The molecule has 5 nitrogen and oxygen atoms in total. The quantitative estimate of drug-likeness (QED) is 0.425. The van der Waals surface area contributed by atoms with Gasteiger partial charge in [-0.1, -0.05) is 61.0 Å². The maximum absolute atomic E-state index is 6.30. The van der Waals surface area contributed by atoms with Gasteiger partial charge in [0.25, 0.3) is 0 Å². The first-order chi connectivity index (χ1) is 14.7. The van der Waals surface area contributed by atoms with E-state index in [0.29, 0.717) is 37.2 Å². The van der Waals surface area contributed by atoms with Crippen LogP contribution in [0.1, 0.15) is 29.3 Å². The van der Waals surface area contributed by atoms with Crippen LogP contribution in [0.25, 0.3) is 0 Å². The second kappa shape index (κ2) is 11.5. The second-order valence-corrected chi connectivity index (χ2v) is 7.38. The molecular weight excluding hydrogens is 398 g/mol. The number of nitrogens with one attached hydrogen (secondary N) is 1. The lowest BCUT2D eigenvalue weighted by Crippen LogP contribution is -2.13. The van der Waals surface area contributed by atoms with Crippen molar-refractivity contribution in [3.8, 4) is 5.75 Å². The topological polar surface area (TPSA) is 56.3 Å². The third-order valence-corrected chi connectivity index (χ3v) is 5.13. The Morgan fingerprint density at radius 2 is 1.83 bits per heavy atom. The lowest BCUT2D eigenvalue weighted by atomic mass is 10.1. The van der Waals surface area contributed by atoms with E-state index in [1.807, 2.05) is 31.2 Å². The smallest absolute Gasteiger partial charge is 0.148 e. The Morgan fingerprint density at radius 1 is 1.00 bits per heavy atom. The Labute approximate surface area is 183 Å². The number of anilines is 1. The van der Waals surface area contributed by atoms with E-state index in [4.69, 9.17) is 21.1 Å². The number of benzene rings is 2. The molecule has 1 heterocycles. The molecule has 30 heavy (non-hydrogen) atoms. The summed E-state index contributed by atoms with van der Waals surface area (Å²) in [4.78, 5) is 8.37. The van der Waals surface area contributed by atoms with Gasteiger partial charge in [0.2, 0.25) is 0 Å². The predicted octanol–water partition coefficient (Wildman–Crippen LogP) is 5.25. The minimum atomic E-state index is 0.516. The SMILES string of the molecule is CCc1ncnc(NCCOc2ccc(CCOCc3ccccc3)cc2C)c1Cl. The Balaban J connectivity index is 1.40. The van der Waals surface area contributed by atoms with E-state index in [1.54, 1.807) is 0 Å². The molecule has 0 unspecified atom stereocenters. The summed E-state index contributed by atoms with van der Waals surface area (Å²) in [6.45, 7) is 6.54. The number of hydrogen-bond acceptors (Lipinski definition) is 5. The fourth-order valence-electron chi connectivity index (χ4n) is 3.09. The molecule has 0 aliphatic carbocycles. The molecule has 0 radical (unpaired) electrons. The summed E-state index contributed by atoms with van der Waals surface area (Å²) < 4.78 is 11.7. The summed E-state index contributed by atoms with van der Waals surface area (Å²) in [6, 6.07) is 16.5. The zero-order valence-electron chi connectivity index (χ0n) is 17.5. The lowest BCUT2D eigenvalue weighted by molar-refractivity contribution is 0.124. The van der Waals surface area contributed by atoms with Crippen molar-refractivity contribution in [2.24, 2.45) is 0 Å². The third-order valence-electron chi connectivity index (χ3n) is 4.73. The lowest BCUT2D eigenvalue weighted by Gasteiger charge is -2.13. The van der Waals surface area contributed by atoms with Gasteiger partial charge in [0.15, 0.2) is 0 Å². The van der Waals surface area contributed by atoms with Gasteiger partial charge in [0.1, 0.15) is 29.5 Å². The van der Waals surface area contributed by atoms with Gasteiger partial charge < -0.3 is 14.8 Å². The van der Waals surface area contributed by atoms with E-state index in [0.717, 1.165) is 29.8 Å². The minimum Gasteiger partial charge on any atom is -0.491 e. The summed E-state index contributed by atoms with van der Waals surface area (Å²) in [7, 11) is 0. The van der Waals surface area contributed by atoms with Crippen molar-refractivity contribution in [2.75, 3.05) is 25.1 Å². The molecule has 0 atom stereocenters. The van der Waals surface area contributed by atoms with Crippen LogP contribution in [0, 0.1) is 6.92 Å². The zero-order valence-corrected chi connectivity index (χ0v) is 18.3. The van der Waals surface area contributed by atoms with E-state index in [-0.39, 0.29) is 0 Å². The van der Waals surface area contributed by atoms with Crippen molar-refractivity contribution in [3.05, 3.63) is 82.3 Å². The van der Waals surface area contributed by atoms with Gasteiger partial charge in [-0.2, -0.15) is 0 Å². The monoisotopic (exact) mass is 425 g/mol. The van der Waals surface area contributed by atoms with Crippen LogP contribution in [-0.4, -0.2) is 29.7 Å². The molecule has 0 fully saturated rings. The summed E-state index contributed by atoms with van der Waals surface area (Å²) in [5.74, 6) is 1.53. The summed E-state index contributed by atoms with van der Waals surface area (Å²) in [5.41, 5.74) is 4.39. The Bertz CT molecular complexity index is 935.